The summed E-state index contributed by atoms with van der Waals surface area (Å²) in [5, 5.41) is 13.9. The predicted molar refractivity (Wildman–Crippen MR) is 79.1 cm³/mol. The first kappa shape index (κ1) is 13.3. The van der Waals surface area contributed by atoms with Crippen molar-refractivity contribution in [2.24, 2.45) is 0 Å². The van der Waals surface area contributed by atoms with E-state index in [0.29, 0.717) is 16.6 Å². The number of hydrogen-bond acceptors (Lipinski definition) is 2. The highest BCUT2D eigenvalue weighted by atomic mass is 35.5. The van der Waals surface area contributed by atoms with Crippen molar-refractivity contribution in [2.45, 2.75) is 13.0 Å². The van der Waals surface area contributed by atoms with Crippen molar-refractivity contribution in [3.8, 4) is 0 Å². The zero-order chi connectivity index (χ0) is 14.3. The van der Waals surface area contributed by atoms with E-state index in [0.717, 1.165) is 21.8 Å². The minimum atomic E-state index is -1.07. The lowest BCUT2D eigenvalue weighted by molar-refractivity contribution is -0.305. The van der Waals surface area contributed by atoms with Crippen LogP contribution in [-0.4, -0.2) is 10.5 Å². The summed E-state index contributed by atoms with van der Waals surface area (Å²) in [6.45, 7) is 0.353. The lowest BCUT2D eigenvalue weighted by Crippen LogP contribution is -2.23. The molecule has 0 saturated carbocycles. The molecule has 3 rings (SSSR count). The molecule has 1 heterocycles. The van der Waals surface area contributed by atoms with E-state index in [1.165, 1.54) is 0 Å². The first-order valence-electron chi connectivity index (χ1n) is 6.13. The van der Waals surface area contributed by atoms with Gasteiger partial charge in [0.1, 0.15) is 0 Å². The van der Waals surface area contributed by atoms with Gasteiger partial charge in [-0.2, -0.15) is 0 Å². The van der Waals surface area contributed by atoms with Crippen LogP contribution in [0.3, 0.4) is 0 Å². The second-order valence-corrected chi connectivity index (χ2v) is 5.47. The van der Waals surface area contributed by atoms with Crippen LogP contribution < -0.4 is 5.11 Å². The van der Waals surface area contributed by atoms with E-state index >= 15 is 0 Å². The van der Waals surface area contributed by atoms with Gasteiger partial charge in [-0.05, 0) is 36.4 Å². The van der Waals surface area contributed by atoms with E-state index < -0.39 is 5.97 Å². The second-order valence-electron chi connectivity index (χ2n) is 4.60. The van der Waals surface area contributed by atoms with E-state index in [9.17, 15) is 9.90 Å². The van der Waals surface area contributed by atoms with Crippen LogP contribution in [0.15, 0.2) is 36.4 Å². The van der Waals surface area contributed by atoms with Gasteiger partial charge < -0.3 is 14.5 Å². The van der Waals surface area contributed by atoms with Crippen molar-refractivity contribution in [1.29, 1.82) is 0 Å². The molecule has 0 unspecified atom stereocenters. The molecule has 3 nitrogen and oxygen atoms in total. The fourth-order valence-corrected chi connectivity index (χ4v) is 2.84. The molecule has 5 heteroatoms. The van der Waals surface area contributed by atoms with E-state index in [1.54, 1.807) is 12.1 Å². The Morgan fingerprint density at radius 2 is 1.50 bits per heavy atom. The Balaban J connectivity index is 2.31. The Morgan fingerprint density at radius 3 is 1.95 bits per heavy atom. The summed E-state index contributed by atoms with van der Waals surface area (Å²) in [6, 6.07) is 11.1. The molecular formula is C15H10Cl2NO2-. The number of carbonyl (C=O) groups excluding carboxylic acids is 1. The monoisotopic (exact) mass is 306 g/mol. The first-order chi connectivity index (χ1) is 9.56. The molecular weight excluding hydrogens is 297 g/mol. The molecule has 102 valence electrons. The Kier molecular flexibility index (Phi) is 3.32. The van der Waals surface area contributed by atoms with Crippen molar-refractivity contribution >= 4 is 51.0 Å². The quantitative estimate of drug-likeness (QED) is 0.745. The highest BCUT2D eigenvalue weighted by Gasteiger charge is 2.11. The Labute approximate surface area is 125 Å². The Hall–Kier alpha value is -1.71. The molecule has 2 aromatic carbocycles. The van der Waals surface area contributed by atoms with Gasteiger partial charge in [0.15, 0.2) is 0 Å². The molecule has 0 aliphatic rings. The van der Waals surface area contributed by atoms with Gasteiger partial charge in [-0.25, -0.2) is 0 Å². The van der Waals surface area contributed by atoms with Gasteiger partial charge in [-0.15, -0.1) is 0 Å². The van der Waals surface area contributed by atoms with Gasteiger partial charge in [0, 0.05) is 50.8 Å². The van der Waals surface area contributed by atoms with E-state index in [2.05, 4.69) is 0 Å². The summed E-state index contributed by atoms with van der Waals surface area (Å²) in [4.78, 5) is 10.7. The topological polar surface area (TPSA) is 45.1 Å². The maximum Gasteiger partial charge on any atom is 0.0492 e. The number of aromatic nitrogens is 1. The summed E-state index contributed by atoms with van der Waals surface area (Å²) < 4.78 is 1.95. The molecule has 0 radical (unpaired) electrons. The number of aryl methyl sites for hydroxylation is 1. The average molecular weight is 307 g/mol. The Bertz CT molecular complexity index is 764. The van der Waals surface area contributed by atoms with E-state index in [4.69, 9.17) is 23.2 Å². The summed E-state index contributed by atoms with van der Waals surface area (Å²) in [6.07, 6.45) is -0.0376. The molecule has 0 amide bonds. The number of benzene rings is 2. The van der Waals surface area contributed by atoms with Crippen LogP contribution in [0.2, 0.25) is 10.0 Å². The third-order valence-electron chi connectivity index (χ3n) is 3.33. The van der Waals surface area contributed by atoms with Crippen LogP contribution in [0.25, 0.3) is 21.8 Å². The van der Waals surface area contributed by atoms with Crippen LogP contribution in [-0.2, 0) is 11.3 Å². The maximum absolute atomic E-state index is 10.7. The number of fused-ring (bicyclic) bond motifs is 3. The zero-order valence-corrected chi connectivity index (χ0v) is 11.9. The number of carboxylic acid groups (broad SMARTS) is 1. The standard InChI is InChI=1S/C15H11Cl2NO2/c16-9-1-3-13-11(7-9)12-8-10(17)2-4-14(12)18(13)6-5-15(19)20/h1-4,7-8H,5-6H2,(H,19,20)/p-1. The minimum absolute atomic E-state index is 0.0376. The molecule has 0 atom stereocenters. The SMILES string of the molecule is O=C([O-])CCn1c2ccc(Cl)cc2c2cc(Cl)ccc21. The molecule has 0 aliphatic carbocycles. The fraction of sp³-hybridized carbons (Fsp3) is 0.133. The van der Waals surface area contributed by atoms with Crippen molar-refractivity contribution < 1.29 is 9.90 Å². The predicted octanol–water partition coefficient (Wildman–Crippen LogP) is 3.24. The van der Waals surface area contributed by atoms with Crippen molar-refractivity contribution in [3.05, 3.63) is 46.4 Å². The number of aliphatic carboxylic acids is 1. The lowest BCUT2D eigenvalue weighted by atomic mass is 10.1. The normalized spacial score (nSPS) is 11.3. The molecule has 0 fully saturated rings. The summed E-state index contributed by atoms with van der Waals surface area (Å²) >= 11 is 12.1. The molecule has 0 aliphatic heterocycles. The molecule has 0 spiro atoms. The number of hydrogen-bond donors (Lipinski definition) is 0. The lowest BCUT2D eigenvalue weighted by Gasteiger charge is -2.08. The highest BCUT2D eigenvalue weighted by Crippen LogP contribution is 2.32. The summed E-state index contributed by atoms with van der Waals surface area (Å²) in [5.74, 6) is -1.07. The zero-order valence-electron chi connectivity index (χ0n) is 10.4. The molecule has 0 bridgehead atoms. The van der Waals surface area contributed by atoms with Gasteiger partial charge >= 0.3 is 0 Å². The molecule has 20 heavy (non-hydrogen) atoms. The van der Waals surface area contributed by atoms with Crippen molar-refractivity contribution in [3.63, 3.8) is 0 Å². The van der Waals surface area contributed by atoms with Gasteiger partial charge in [0.05, 0.1) is 0 Å². The van der Waals surface area contributed by atoms with Gasteiger partial charge in [0.2, 0.25) is 0 Å². The summed E-state index contributed by atoms with van der Waals surface area (Å²) in [7, 11) is 0. The van der Waals surface area contributed by atoms with Crippen LogP contribution in [0.4, 0.5) is 0 Å². The maximum atomic E-state index is 10.7. The van der Waals surface area contributed by atoms with Gasteiger partial charge in [-0.1, -0.05) is 23.2 Å². The molecule has 1 aromatic heterocycles. The van der Waals surface area contributed by atoms with Crippen molar-refractivity contribution in [1.82, 2.24) is 4.57 Å². The van der Waals surface area contributed by atoms with E-state index in [-0.39, 0.29) is 6.42 Å². The Morgan fingerprint density at radius 1 is 1.00 bits per heavy atom. The highest BCUT2D eigenvalue weighted by molar-refractivity contribution is 6.33. The number of carbonyl (C=O) groups is 1. The van der Waals surface area contributed by atoms with Crippen molar-refractivity contribution in [2.75, 3.05) is 0 Å². The third-order valence-corrected chi connectivity index (χ3v) is 3.80. The first-order valence-corrected chi connectivity index (χ1v) is 6.89. The second kappa shape index (κ2) is 5.00. The average Bonchev–Trinajstić information content (AvgIpc) is 2.69. The number of halogens is 2. The van der Waals surface area contributed by atoms with Crippen LogP contribution in [0.5, 0.6) is 0 Å². The number of rotatable bonds is 3. The largest absolute Gasteiger partial charge is 0.550 e. The number of carboxylic acids is 1. The van der Waals surface area contributed by atoms with E-state index in [1.807, 2.05) is 28.8 Å². The summed E-state index contributed by atoms with van der Waals surface area (Å²) in [5.41, 5.74) is 1.88. The number of nitrogens with zero attached hydrogens (tertiary/aromatic N) is 1. The van der Waals surface area contributed by atoms with Gasteiger partial charge in [0.25, 0.3) is 0 Å². The fourth-order valence-electron chi connectivity index (χ4n) is 2.49. The van der Waals surface area contributed by atoms with Crippen LogP contribution >= 0.6 is 23.2 Å². The molecule has 0 saturated heterocycles. The molecule has 3 aromatic rings. The van der Waals surface area contributed by atoms with Gasteiger partial charge in [-0.3, -0.25) is 0 Å². The third kappa shape index (κ3) is 2.23. The molecule has 0 N–H and O–H groups in total. The van der Waals surface area contributed by atoms with Crippen LogP contribution in [0, 0.1) is 0 Å². The van der Waals surface area contributed by atoms with Crippen LogP contribution in [0.1, 0.15) is 6.42 Å². The minimum Gasteiger partial charge on any atom is -0.550 e. The smallest absolute Gasteiger partial charge is 0.0492 e.